The molecule has 1 atom stereocenters. The van der Waals surface area contributed by atoms with Crippen LogP contribution in [0.5, 0.6) is 0 Å². The molecule has 32 heavy (non-hydrogen) atoms. The van der Waals surface area contributed by atoms with Crippen LogP contribution in [0.15, 0.2) is 30.5 Å². The molecule has 8 nitrogen and oxygen atoms in total. The van der Waals surface area contributed by atoms with Gasteiger partial charge in [-0.3, -0.25) is 14.6 Å². The lowest BCUT2D eigenvalue weighted by atomic mass is 9.85. The lowest BCUT2D eigenvalue weighted by molar-refractivity contribution is -0.129. The molecular formula is C23H26N4O4S. The largest absolute Gasteiger partial charge is 0.381 e. The zero-order valence-electron chi connectivity index (χ0n) is 18.0. The Labute approximate surface area is 191 Å². The van der Waals surface area contributed by atoms with Crippen LogP contribution in [0.4, 0.5) is 0 Å². The first-order valence-electron chi connectivity index (χ1n) is 10.7. The Hall–Kier alpha value is -2.67. The van der Waals surface area contributed by atoms with E-state index in [2.05, 4.69) is 16.4 Å². The van der Waals surface area contributed by atoms with E-state index < -0.39 is 11.6 Å². The number of nitrogens with zero attached hydrogens (tertiary/aromatic N) is 3. The number of rotatable bonds is 6. The standard InChI is InChI=1S/C23H26N4O4S/c1-2-31-23(6-9-30-10-7-23)16-3-4-20-19(11-16)18(5-8-25-20)22(29)26-13-21(28)27-15-32-14-17(27)12-24/h3-5,8,11,17H,2,6-7,9-10,13-15H2,1H3,(H,26,29)/t17-/m1/s1. The Balaban J connectivity index is 1.57. The van der Waals surface area contributed by atoms with Gasteiger partial charge in [-0.2, -0.15) is 5.26 Å². The molecule has 0 saturated carbocycles. The molecule has 0 radical (unpaired) electrons. The first-order chi connectivity index (χ1) is 15.6. The van der Waals surface area contributed by atoms with Crippen LogP contribution in [0.1, 0.15) is 35.7 Å². The SMILES string of the molecule is CCOC1(c2ccc3nccc(C(=O)NCC(=O)N4CSC[C@H]4C#N)c3c2)CCOCC1. The van der Waals surface area contributed by atoms with E-state index in [0.29, 0.717) is 47.9 Å². The van der Waals surface area contributed by atoms with Crippen molar-refractivity contribution < 1.29 is 19.1 Å². The van der Waals surface area contributed by atoms with E-state index in [0.717, 1.165) is 18.4 Å². The lowest BCUT2D eigenvalue weighted by Crippen LogP contribution is -2.42. The van der Waals surface area contributed by atoms with Crippen LogP contribution in [-0.4, -0.2) is 65.7 Å². The zero-order valence-corrected chi connectivity index (χ0v) is 18.8. The van der Waals surface area contributed by atoms with Crippen molar-refractivity contribution in [2.45, 2.75) is 31.4 Å². The minimum Gasteiger partial charge on any atom is -0.381 e. The average molecular weight is 455 g/mol. The number of thioether (sulfide) groups is 1. The first-order valence-corrected chi connectivity index (χ1v) is 11.9. The molecule has 1 aromatic carbocycles. The fraction of sp³-hybridized carbons (Fsp3) is 0.478. The Kier molecular flexibility index (Phi) is 6.94. The van der Waals surface area contributed by atoms with Gasteiger partial charge in [-0.15, -0.1) is 11.8 Å². The number of amides is 2. The molecule has 0 bridgehead atoms. The van der Waals surface area contributed by atoms with Crippen molar-refractivity contribution >= 4 is 34.5 Å². The van der Waals surface area contributed by atoms with E-state index in [-0.39, 0.29) is 18.4 Å². The lowest BCUT2D eigenvalue weighted by Gasteiger charge is -2.37. The molecule has 2 fully saturated rings. The molecule has 1 aromatic heterocycles. The Morgan fingerprint density at radius 1 is 1.38 bits per heavy atom. The number of benzene rings is 1. The van der Waals surface area contributed by atoms with Gasteiger partial charge in [-0.25, -0.2) is 0 Å². The monoisotopic (exact) mass is 454 g/mol. The van der Waals surface area contributed by atoms with Crippen LogP contribution in [0.2, 0.25) is 0 Å². The molecule has 9 heteroatoms. The van der Waals surface area contributed by atoms with Gasteiger partial charge in [-0.05, 0) is 30.7 Å². The van der Waals surface area contributed by atoms with Crippen molar-refractivity contribution in [3.05, 3.63) is 41.6 Å². The summed E-state index contributed by atoms with van der Waals surface area (Å²) in [6.07, 6.45) is 3.08. The maximum absolute atomic E-state index is 13.0. The molecular weight excluding hydrogens is 428 g/mol. The van der Waals surface area contributed by atoms with Crippen molar-refractivity contribution in [1.82, 2.24) is 15.2 Å². The number of carbonyl (C=O) groups is 2. The highest BCUT2D eigenvalue weighted by molar-refractivity contribution is 7.99. The summed E-state index contributed by atoms with van der Waals surface area (Å²) in [6.45, 7) is 3.66. The molecule has 2 aliphatic rings. The van der Waals surface area contributed by atoms with Gasteiger partial charge in [0.1, 0.15) is 6.04 Å². The van der Waals surface area contributed by atoms with Gasteiger partial charge in [0.2, 0.25) is 5.91 Å². The second-order valence-electron chi connectivity index (χ2n) is 7.82. The number of hydrogen-bond acceptors (Lipinski definition) is 7. The smallest absolute Gasteiger partial charge is 0.252 e. The van der Waals surface area contributed by atoms with E-state index in [1.54, 1.807) is 12.3 Å². The van der Waals surface area contributed by atoms with Gasteiger partial charge in [0.15, 0.2) is 0 Å². The number of hydrogen-bond donors (Lipinski definition) is 1. The maximum Gasteiger partial charge on any atom is 0.252 e. The predicted molar refractivity (Wildman–Crippen MR) is 121 cm³/mol. The summed E-state index contributed by atoms with van der Waals surface area (Å²) in [7, 11) is 0. The molecule has 0 aliphatic carbocycles. The molecule has 0 unspecified atom stereocenters. The topological polar surface area (TPSA) is 105 Å². The zero-order chi connectivity index (χ0) is 22.6. The van der Waals surface area contributed by atoms with Gasteiger partial charge in [0.25, 0.3) is 5.91 Å². The van der Waals surface area contributed by atoms with Crippen molar-refractivity contribution in [2.24, 2.45) is 0 Å². The normalized spacial score (nSPS) is 20.1. The average Bonchev–Trinajstić information content (AvgIpc) is 3.31. The highest BCUT2D eigenvalue weighted by atomic mass is 32.2. The van der Waals surface area contributed by atoms with Crippen LogP contribution < -0.4 is 5.32 Å². The summed E-state index contributed by atoms with van der Waals surface area (Å²) in [5.74, 6) is 0.463. The molecule has 2 amide bonds. The van der Waals surface area contributed by atoms with E-state index in [1.807, 2.05) is 25.1 Å². The Morgan fingerprint density at radius 2 is 2.19 bits per heavy atom. The van der Waals surface area contributed by atoms with E-state index in [9.17, 15) is 14.9 Å². The molecule has 0 spiro atoms. The number of pyridine rings is 1. The molecule has 168 valence electrons. The molecule has 3 heterocycles. The van der Waals surface area contributed by atoms with Gasteiger partial charge in [0.05, 0.1) is 35.2 Å². The van der Waals surface area contributed by atoms with Crippen LogP contribution in [0.3, 0.4) is 0 Å². The third-order valence-corrected chi connectivity index (χ3v) is 7.00. The summed E-state index contributed by atoms with van der Waals surface area (Å²) < 4.78 is 11.7. The van der Waals surface area contributed by atoms with Crippen molar-refractivity contribution in [1.29, 1.82) is 5.26 Å². The number of carbonyl (C=O) groups excluding carboxylic acids is 2. The van der Waals surface area contributed by atoms with Crippen molar-refractivity contribution in [3.63, 3.8) is 0 Å². The van der Waals surface area contributed by atoms with Gasteiger partial charge < -0.3 is 19.7 Å². The third-order valence-electron chi connectivity index (χ3n) is 5.99. The second kappa shape index (κ2) is 9.86. The number of fused-ring (bicyclic) bond motifs is 1. The van der Waals surface area contributed by atoms with Crippen LogP contribution in [0.25, 0.3) is 10.9 Å². The van der Waals surface area contributed by atoms with Crippen LogP contribution in [0, 0.1) is 11.3 Å². The number of nitriles is 1. The maximum atomic E-state index is 13.0. The number of nitrogens with one attached hydrogen (secondary N) is 1. The Bertz CT molecular complexity index is 1040. The van der Waals surface area contributed by atoms with Crippen molar-refractivity contribution in [2.75, 3.05) is 38.0 Å². The van der Waals surface area contributed by atoms with Crippen LogP contribution in [-0.2, 0) is 19.9 Å². The summed E-state index contributed by atoms with van der Waals surface area (Å²) in [5, 5.41) is 12.6. The molecule has 4 rings (SSSR count). The highest BCUT2D eigenvalue weighted by Gasteiger charge is 2.35. The van der Waals surface area contributed by atoms with Gasteiger partial charge in [-0.1, -0.05) is 6.07 Å². The minimum atomic E-state index is -0.444. The van der Waals surface area contributed by atoms with Gasteiger partial charge >= 0.3 is 0 Å². The quantitative estimate of drug-likeness (QED) is 0.715. The Morgan fingerprint density at radius 3 is 2.94 bits per heavy atom. The molecule has 2 aliphatic heterocycles. The van der Waals surface area contributed by atoms with E-state index in [4.69, 9.17) is 9.47 Å². The molecule has 1 N–H and O–H groups in total. The number of aromatic nitrogens is 1. The van der Waals surface area contributed by atoms with Gasteiger partial charge in [0, 0.05) is 50.0 Å². The second-order valence-corrected chi connectivity index (χ2v) is 8.82. The minimum absolute atomic E-state index is 0.151. The third kappa shape index (κ3) is 4.44. The molecule has 2 saturated heterocycles. The number of ether oxygens (including phenoxy) is 2. The first kappa shape index (κ1) is 22.5. The van der Waals surface area contributed by atoms with Crippen LogP contribution >= 0.6 is 11.8 Å². The van der Waals surface area contributed by atoms with E-state index in [1.165, 1.54) is 16.7 Å². The summed E-state index contributed by atoms with van der Waals surface area (Å²) in [5.41, 5.74) is 1.71. The molecule has 2 aromatic rings. The fourth-order valence-corrected chi connectivity index (χ4v) is 5.37. The fourth-order valence-electron chi connectivity index (χ4n) is 4.27. The van der Waals surface area contributed by atoms with E-state index >= 15 is 0 Å². The summed E-state index contributed by atoms with van der Waals surface area (Å²) >= 11 is 1.54. The predicted octanol–water partition coefficient (Wildman–Crippen LogP) is 2.43. The highest BCUT2D eigenvalue weighted by Crippen LogP contribution is 2.37. The van der Waals surface area contributed by atoms with Crippen molar-refractivity contribution in [3.8, 4) is 6.07 Å². The summed E-state index contributed by atoms with van der Waals surface area (Å²) in [4.78, 5) is 31.4. The summed E-state index contributed by atoms with van der Waals surface area (Å²) in [6, 6.07) is 9.24.